The Hall–Kier alpha value is -0.570. The summed E-state index contributed by atoms with van der Waals surface area (Å²) < 4.78 is 41.4. The van der Waals surface area contributed by atoms with Gasteiger partial charge in [0.25, 0.3) is 0 Å². The molecule has 3 nitrogen and oxygen atoms in total. The summed E-state index contributed by atoms with van der Waals surface area (Å²) in [4.78, 5) is 3.70. The number of nitrogens with zero attached hydrogens (tertiary/aromatic N) is 3. The van der Waals surface area contributed by atoms with E-state index in [9.17, 15) is 13.2 Å². The molecule has 0 N–H and O–H groups in total. The largest absolute Gasteiger partial charge is 0.417 e. The van der Waals surface area contributed by atoms with Crippen LogP contribution in [-0.2, 0) is 11.9 Å². The summed E-state index contributed by atoms with van der Waals surface area (Å²) in [7, 11) is 0. The molecule has 0 aromatic carbocycles. The Morgan fingerprint density at radius 1 is 1.32 bits per heavy atom. The maximum atomic E-state index is 12.4. The van der Waals surface area contributed by atoms with Gasteiger partial charge in [-0.05, 0) is 6.07 Å². The third-order valence-electron chi connectivity index (χ3n) is 1.99. The highest BCUT2D eigenvalue weighted by atomic mass is 35.5. The van der Waals surface area contributed by atoms with Gasteiger partial charge in [-0.2, -0.15) is 13.2 Å². The summed E-state index contributed by atoms with van der Waals surface area (Å²) in [5.41, 5.74) is -0.329. The van der Waals surface area contributed by atoms with Crippen LogP contribution in [0.2, 0.25) is 9.36 Å². The first kappa shape index (κ1) is 14.8. The van der Waals surface area contributed by atoms with Gasteiger partial charge in [0.05, 0.1) is 10.6 Å². The van der Waals surface area contributed by atoms with Gasteiger partial charge in [-0.15, -0.1) is 5.10 Å². The van der Waals surface area contributed by atoms with E-state index in [0.717, 1.165) is 35.6 Å². The molecule has 2 heterocycles. The monoisotopic (exact) mass is 345 g/mol. The number of rotatable bonds is 3. The van der Waals surface area contributed by atoms with E-state index in [-0.39, 0.29) is 5.02 Å². The van der Waals surface area contributed by atoms with Crippen molar-refractivity contribution in [2.45, 2.75) is 17.0 Å². The number of pyridine rings is 1. The molecule has 2 aromatic rings. The van der Waals surface area contributed by atoms with Crippen molar-refractivity contribution >= 4 is 46.5 Å². The lowest BCUT2D eigenvalue weighted by Crippen LogP contribution is -2.05. The summed E-state index contributed by atoms with van der Waals surface area (Å²) in [6, 6.07) is 0.845. The van der Waals surface area contributed by atoms with Crippen molar-refractivity contribution in [3.63, 3.8) is 0 Å². The molecule has 0 bridgehead atoms. The number of hydrogen-bond acceptors (Lipinski definition) is 5. The number of hydrogen-bond donors (Lipinski definition) is 0. The molecule has 0 aliphatic carbocycles. The molecule has 0 unspecified atom stereocenters. The normalized spacial score (nSPS) is 11.8. The van der Waals surface area contributed by atoms with Gasteiger partial charge in [0, 0.05) is 23.5 Å². The van der Waals surface area contributed by atoms with E-state index in [1.165, 1.54) is 0 Å². The van der Waals surface area contributed by atoms with Crippen LogP contribution in [0.1, 0.15) is 11.3 Å². The first-order valence-electron chi connectivity index (χ1n) is 4.70. The topological polar surface area (TPSA) is 38.7 Å². The zero-order valence-corrected chi connectivity index (χ0v) is 12.1. The first-order valence-corrected chi connectivity index (χ1v) is 7.21. The maximum absolute atomic E-state index is 12.4. The number of alkyl halides is 3. The van der Waals surface area contributed by atoms with Crippen LogP contribution in [0.4, 0.5) is 13.2 Å². The van der Waals surface area contributed by atoms with Gasteiger partial charge < -0.3 is 0 Å². The lowest BCUT2D eigenvalue weighted by atomic mass is 10.3. The van der Waals surface area contributed by atoms with Crippen molar-refractivity contribution < 1.29 is 13.2 Å². The van der Waals surface area contributed by atoms with Crippen LogP contribution < -0.4 is 0 Å². The average Bonchev–Trinajstić information content (AvgIpc) is 2.72. The zero-order chi connectivity index (χ0) is 14.0. The predicted molar refractivity (Wildman–Crippen MR) is 68.7 cm³/mol. The molecule has 10 heteroatoms. The van der Waals surface area contributed by atoms with Gasteiger partial charge in [0.2, 0.25) is 0 Å². The second-order valence-corrected chi connectivity index (χ2v) is 6.02. The van der Waals surface area contributed by atoms with Gasteiger partial charge in [-0.25, -0.2) is 4.98 Å². The zero-order valence-electron chi connectivity index (χ0n) is 8.91. The Kier molecular flexibility index (Phi) is 4.54. The van der Waals surface area contributed by atoms with E-state index < -0.39 is 11.7 Å². The lowest BCUT2D eigenvalue weighted by molar-refractivity contribution is -0.137. The molecule has 0 radical (unpaired) electrons. The van der Waals surface area contributed by atoms with Crippen LogP contribution in [0, 0.1) is 0 Å². The Morgan fingerprint density at radius 3 is 2.58 bits per heavy atom. The van der Waals surface area contributed by atoms with E-state index >= 15 is 0 Å². The highest BCUT2D eigenvalue weighted by Gasteiger charge is 2.31. The third-order valence-corrected chi connectivity index (χ3v) is 4.39. The average molecular weight is 346 g/mol. The summed E-state index contributed by atoms with van der Waals surface area (Å²) in [6.45, 7) is 0. The molecule has 19 heavy (non-hydrogen) atoms. The number of aromatic nitrogens is 3. The molecule has 0 saturated heterocycles. The van der Waals surface area contributed by atoms with Crippen LogP contribution in [0.15, 0.2) is 17.3 Å². The first-order chi connectivity index (χ1) is 8.88. The van der Waals surface area contributed by atoms with Crippen molar-refractivity contribution in [2.24, 2.45) is 0 Å². The maximum Gasteiger partial charge on any atom is 0.417 e. The molecule has 102 valence electrons. The lowest BCUT2D eigenvalue weighted by Gasteiger charge is -2.08. The highest BCUT2D eigenvalue weighted by Crippen LogP contribution is 2.35. The van der Waals surface area contributed by atoms with E-state index in [2.05, 4.69) is 14.6 Å². The fourth-order valence-electron chi connectivity index (χ4n) is 1.11. The van der Waals surface area contributed by atoms with Crippen molar-refractivity contribution in [3.8, 4) is 0 Å². The van der Waals surface area contributed by atoms with Crippen LogP contribution in [0.25, 0.3) is 0 Å². The van der Waals surface area contributed by atoms with Crippen molar-refractivity contribution in [3.05, 3.63) is 32.9 Å². The van der Waals surface area contributed by atoms with Crippen LogP contribution in [-0.4, -0.2) is 14.6 Å². The Morgan fingerprint density at radius 2 is 2.05 bits per heavy atom. The molecule has 0 aliphatic heterocycles. The summed E-state index contributed by atoms with van der Waals surface area (Å²) in [6.07, 6.45) is -3.71. The minimum atomic E-state index is -4.46. The van der Waals surface area contributed by atoms with E-state index in [1.54, 1.807) is 0 Å². The SMILES string of the molecule is FC(F)(F)c1cnc(SCc2nnsc2Cl)c(Cl)c1. The second kappa shape index (κ2) is 5.82. The third kappa shape index (κ3) is 3.71. The minimum absolute atomic E-state index is 0.0564. The molecule has 0 aliphatic rings. The van der Waals surface area contributed by atoms with Gasteiger partial charge in [0.15, 0.2) is 0 Å². The summed E-state index contributed by atoms with van der Waals surface area (Å²) >= 11 is 13.8. The highest BCUT2D eigenvalue weighted by molar-refractivity contribution is 7.98. The van der Waals surface area contributed by atoms with Gasteiger partial charge >= 0.3 is 6.18 Å². The van der Waals surface area contributed by atoms with Crippen molar-refractivity contribution in [1.82, 2.24) is 14.6 Å². The van der Waals surface area contributed by atoms with Gasteiger partial charge in [-0.3, -0.25) is 0 Å². The van der Waals surface area contributed by atoms with E-state index in [4.69, 9.17) is 23.2 Å². The van der Waals surface area contributed by atoms with Crippen molar-refractivity contribution in [2.75, 3.05) is 0 Å². The Balaban J connectivity index is 2.12. The van der Waals surface area contributed by atoms with Crippen LogP contribution in [0.3, 0.4) is 0 Å². The van der Waals surface area contributed by atoms with Crippen LogP contribution in [0.5, 0.6) is 0 Å². The molecule has 0 amide bonds. The molecular weight excluding hydrogens is 342 g/mol. The summed E-state index contributed by atoms with van der Waals surface area (Å²) in [5, 5.41) is 4.02. The smallest absolute Gasteiger partial charge is 0.248 e. The molecular formula is C9H4Cl2F3N3S2. The van der Waals surface area contributed by atoms with Crippen LogP contribution >= 0.6 is 46.5 Å². The second-order valence-electron chi connectivity index (χ2n) is 3.29. The molecule has 0 saturated carbocycles. The molecule has 0 fully saturated rings. The Bertz CT molecular complexity index is 588. The molecule has 2 rings (SSSR count). The number of thioether (sulfide) groups is 1. The van der Waals surface area contributed by atoms with E-state index in [0.29, 0.717) is 20.8 Å². The predicted octanol–water partition coefficient (Wildman–Crippen LogP) is 4.55. The molecule has 2 aromatic heterocycles. The number of halogens is 5. The van der Waals surface area contributed by atoms with E-state index in [1.807, 2.05) is 0 Å². The summed E-state index contributed by atoms with van der Waals surface area (Å²) in [5.74, 6) is 0.341. The van der Waals surface area contributed by atoms with Gasteiger partial charge in [-0.1, -0.05) is 39.5 Å². The Labute approximate surface area is 124 Å². The molecule has 0 atom stereocenters. The van der Waals surface area contributed by atoms with Gasteiger partial charge in [0.1, 0.15) is 15.1 Å². The standard InChI is InChI=1S/C9H4Cl2F3N3S2/c10-5-1-4(9(12,13)14)2-15-8(5)18-3-6-7(11)19-17-16-6/h1-2H,3H2. The quantitative estimate of drug-likeness (QED) is 0.765. The van der Waals surface area contributed by atoms with Crippen molar-refractivity contribution in [1.29, 1.82) is 0 Å². The fraction of sp³-hybridized carbons (Fsp3) is 0.222. The molecule has 0 spiro atoms. The fourth-order valence-corrected chi connectivity index (χ4v) is 3.03. The minimum Gasteiger partial charge on any atom is -0.248 e.